The molecular formula is C19H19ClF4N6O7S. The number of anilines is 1. The summed E-state index contributed by atoms with van der Waals surface area (Å²) in [5.74, 6) is -5.54. The van der Waals surface area contributed by atoms with Gasteiger partial charge in [-0.2, -0.15) is 13.2 Å². The molecule has 0 saturated carbocycles. The van der Waals surface area contributed by atoms with E-state index in [1.165, 1.54) is 0 Å². The fourth-order valence-corrected chi connectivity index (χ4v) is 4.15. The second kappa shape index (κ2) is 11.1. The summed E-state index contributed by atoms with van der Waals surface area (Å²) >= 11 is 5.58. The predicted molar refractivity (Wildman–Crippen MR) is 123 cm³/mol. The minimum atomic E-state index is -5.60. The Balaban J connectivity index is 2.65. The molecule has 2 aromatic rings. The lowest BCUT2D eigenvalue weighted by atomic mass is 9.82. The van der Waals surface area contributed by atoms with E-state index in [2.05, 4.69) is 9.99 Å². The molecule has 0 aliphatic heterocycles. The average molecular weight is 587 g/mol. The van der Waals surface area contributed by atoms with E-state index < -0.39 is 85.2 Å². The molecule has 1 aromatic carbocycles. The highest BCUT2D eigenvalue weighted by molar-refractivity contribution is 7.92. The zero-order chi connectivity index (χ0) is 29.1. The van der Waals surface area contributed by atoms with Crippen molar-refractivity contribution in [1.82, 2.24) is 4.73 Å². The van der Waals surface area contributed by atoms with E-state index in [-0.39, 0.29) is 4.73 Å². The highest BCUT2D eigenvalue weighted by Crippen LogP contribution is 2.29. The van der Waals surface area contributed by atoms with Crippen molar-refractivity contribution in [3.05, 3.63) is 57.2 Å². The van der Waals surface area contributed by atoms with Crippen LogP contribution in [-0.2, 0) is 29.9 Å². The first-order valence-electron chi connectivity index (χ1n) is 9.95. The fourth-order valence-electron chi connectivity index (χ4n) is 2.83. The molecule has 1 unspecified atom stereocenters. The van der Waals surface area contributed by atoms with Crippen LogP contribution < -0.4 is 32.3 Å². The van der Waals surface area contributed by atoms with Crippen molar-refractivity contribution in [3.63, 3.8) is 0 Å². The molecule has 1 aromatic heterocycles. The summed E-state index contributed by atoms with van der Waals surface area (Å²) in [6, 6.07) is 3.80. The van der Waals surface area contributed by atoms with Crippen molar-refractivity contribution in [1.29, 1.82) is 0 Å². The monoisotopic (exact) mass is 586 g/mol. The van der Waals surface area contributed by atoms with Crippen LogP contribution in [0.4, 0.5) is 23.2 Å². The number of pyridine rings is 1. The van der Waals surface area contributed by atoms with Crippen LogP contribution in [0, 0.1) is 5.82 Å². The van der Waals surface area contributed by atoms with Gasteiger partial charge in [-0.05, 0) is 42.4 Å². The van der Waals surface area contributed by atoms with Crippen molar-refractivity contribution in [2.75, 3.05) is 11.3 Å². The SMILES string of the molecule is CC(CCON=C(N)N)(C(N)=O)c1ccc(NS(=O)(=O)c2ccc(F)c(Cl)c2)c(=O)n1OC(=O)C(F)(F)F. The summed E-state index contributed by atoms with van der Waals surface area (Å²) in [4.78, 5) is 45.2. The molecule has 0 saturated heterocycles. The van der Waals surface area contributed by atoms with Gasteiger partial charge in [0, 0.05) is 6.42 Å². The van der Waals surface area contributed by atoms with Crippen LogP contribution >= 0.6 is 11.6 Å². The third-order valence-corrected chi connectivity index (χ3v) is 6.52. The molecule has 0 spiro atoms. The summed E-state index contributed by atoms with van der Waals surface area (Å²) in [7, 11) is -4.67. The Labute approximate surface area is 216 Å². The number of nitrogens with one attached hydrogen (secondary N) is 1. The van der Waals surface area contributed by atoms with Crippen molar-refractivity contribution in [3.8, 4) is 0 Å². The number of amides is 1. The minimum absolute atomic E-state index is 0.239. The molecule has 0 radical (unpaired) electrons. The van der Waals surface area contributed by atoms with Gasteiger partial charge in [0.15, 0.2) is 0 Å². The van der Waals surface area contributed by atoms with E-state index in [4.69, 9.17) is 33.6 Å². The zero-order valence-electron chi connectivity index (χ0n) is 19.1. The number of oxime groups is 1. The van der Waals surface area contributed by atoms with Crippen molar-refractivity contribution >= 4 is 45.1 Å². The quantitative estimate of drug-likeness (QED) is 0.0989. The van der Waals surface area contributed by atoms with Gasteiger partial charge in [-0.3, -0.25) is 14.3 Å². The van der Waals surface area contributed by atoms with E-state index in [0.29, 0.717) is 12.1 Å². The maximum Gasteiger partial charge on any atom is 0.493 e. The molecule has 2 rings (SSSR count). The zero-order valence-corrected chi connectivity index (χ0v) is 20.7. The number of hydrogen-bond acceptors (Lipinski definition) is 8. The van der Waals surface area contributed by atoms with Crippen molar-refractivity contribution in [2.24, 2.45) is 22.4 Å². The molecule has 1 heterocycles. The molecule has 0 aliphatic rings. The number of rotatable bonds is 10. The third kappa shape index (κ3) is 6.82. The Morgan fingerprint density at radius 3 is 2.32 bits per heavy atom. The standard InChI is InChI=1S/C19H19ClF4N6O7S/c1-18(15(25)32,6-7-36-28-17(26)27)13-5-4-12(14(31)30(13)37-16(33)19(22,23)24)29-38(34,35)9-2-3-11(21)10(20)8-9/h2-5,8,29H,6-7H2,1H3,(H2,25,32)(H4,26,27,28). The number of benzene rings is 1. The van der Waals surface area contributed by atoms with Crippen LogP contribution in [-0.4, -0.2) is 43.8 Å². The number of primary amides is 1. The van der Waals surface area contributed by atoms with Crippen LogP contribution in [0.1, 0.15) is 19.0 Å². The number of hydrogen-bond donors (Lipinski definition) is 4. The maximum atomic E-state index is 13.4. The number of sulfonamides is 1. The lowest BCUT2D eigenvalue weighted by molar-refractivity contribution is -0.200. The number of carbonyl (C=O) groups is 2. The molecule has 0 bridgehead atoms. The Bertz CT molecular complexity index is 1440. The molecule has 0 aliphatic carbocycles. The van der Waals surface area contributed by atoms with E-state index in [0.717, 1.165) is 25.1 Å². The van der Waals surface area contributed by atoms with Gasteiger partial charge in [0.1, 0.15) is 18.1 Å². The second-order valence-electron chi connectivity index (χ2n) is 7.59. The highest BCUT2D eigenvalue weighted by atomic mass is 35.5. The third-order valence-electron chi connectivity index (χ3n) is 4.87. The van der Waals surface area contributed by atoms with Gasteiger partial charge >= 0.3 is 17.7 Å². The smallest absolute Gasteiger partial charge is 0.393 e. The Morgan fingerprint density at radius 2 is 1.79 bits per heavy atom. The van der Waals surface area contributed by atoms with Crippen molar-refractivity contribution in [2.45, 2.75) is 29.8 Å². The number of aromatic nitrogens is 1. The molecule has 208 valence electrons. The largest absolute Gasteiger partial charge is 0.493 e. The first-order valence-corrected chi connectivity index (χ1v) is 11.8. The van der Waals surface area contributed by atoms with Gasteiger partial charge in [0.2, 0.25) is 11.9 Å². The van der Waals surface area contributed by atoms with E-state index in [1.54, 1.807) is 4.72 Å². The maximum absolute atomic E-state index is 13.4. The van der Waals surface area contributed by atoms with E-state index >= 15 is 0 Å². The van der Waals surface area contributed by atoms with Crippen LogP contribution in [0.2, 0.25) is 5.02 Å². The number of carbonyl (C=O) groups excluding carboxylic acids is 2. The predicted octanol–water partition coefficient (Wildman–Crippen LogP) is 0.297. The molecule has 38 heavy (non-hydrogen) atoms. The van der Waals surface area contributed by atoms with Crippen LogP contribution in [0.5, 0.6) is 0 Å². The van der Waals surface area contributed by atoms with Gasteiger partial charge in [-0.1, -0.05) is 11.6 Å². The Hall–Kier alpha value is -4.06. The number of guanidine groups is 1. The molecule has 0 fully saturated rings. The normalized spacial score (nSPS) is 13.2. The van der Waals surface area contributed by atoms with Gasteiger partial charge in [-0.15, -0.1) is 4.73 Å². The molecule has 1 atom stereocenters. The van der Waals surface area contributed by atoms with Crippen LogP contribution in [0.25, 0.3) is 0 Å². The first-order chi connectivity index (χ1) is 17.4. The van der Waals surface area contributed by atoms with Crippen molar-refractivity contribution < 1.29 is 45.2 Å². The van der Waals surface area contributed by atoms with Gasteiger partial charge in [0.25, 0.3) is 10.0 Å². The highest BCUT2D eigenvalue weighted by Gasteiger charge is 2.44. The molecule has 19 heteroatoms. The molecule has 7 N–H and O–H groups in total. The van der Waals surface area contributed by atoms with Crippen LogP contribution in [0.15, 0.2) is 45.2 Å². The summed E-state index contributed by atoms with van der Waals surface area (Å²) < 4.78 is 79.1. The summed E-state index contributed by atoms with van der Waals surface area (Å²) in [6.07, 6.45) is -6.06. The number of nitrogens with zero attached hydrogens (tertiary/aromatic N) is 2. The van der Waals surface area contributed by atoms with Gasteiger partial charge in [-0.25, -0.2) is 17.6 Å². The van der Waals surface area contributed by atoms with E-state index in [9.17, 15) is 40.4 Å². The fraction of sp³-hybridized carbons (Fsp3) is 0.263. The van der Waals surface area contributed by atoms with Crippen LogP contribution in [0.3, 0.4) is 0 Å². The van der Waals surface area contributed by atoms with Gasteiger partial charge < -0.3 is 26.9 Å². The Morgan fingerprint density at radius 1 is 1.16 bits per heavy atom. The molecule has 1 amide bonds. The number of halogens is 5. The first kappa shape index (κ1) is 30.2. The average Bonchev–Trinajstić information content (AvgIpc) is 2.79. The Kier molecular flexibility index (Phi) is 8.84. The lowest BCUT2D eigenvalue weighted by Gasteiger charge is -2.28. The summed E-state index contributed by atoms with van der Waals surface area (Å²) in [6.45, 7) is 0.615. The van der Waals surface area contributed by atoms with E-state index in [1.807, 2.05) is 0 Å². The molecular weight excluding hydrogens is 568 g/mol. The topological polar surface area (TPSA) is 211 Å². The summed E-state index contributed by atoms with van der Waals surface area (Å²) in [5.41, 5.74) is 10.3. The number of nitrogens with two attached hydrogens (primary N) is 3. The van der Waals surface area contributed by atoms with Gasteiger partial charge in [0.05, 0.1) is 21.0 Å². The number of alkyl halides is 3. The lowest BCUT2D eigenvalue weighted by Crippen LogP contribution is -2.48. The second-order valence-corrected chi connectivity index (χ2v) is 9.68. The minimum Gasteiger partial charge on any atom is -0.393 e. The molecule has 13 nitrogen and oxygen atoms in total. The summed E-state index contributed by atoms with van der Waals surface area (Å²) in [5, 5.41) is 2.62.